The summed E-state index contributed by atoms with van der Waals surface area (Å²) in [6.07, 6.45) is 0.555. The maximum atomic E-state index is 11.3. The zero-order chi connectivity index (χ0) is 13.8. The number of carbonyl (C=O) groups is 2. The van der Waals surface area contributed by atoms with Crippen molar-refractivity contribution in [2.75, 3.05) is 13.2 Å². The summed E-state index contributed by atoms with van der Waals surface area (Å²) in [6.45, 7) is 7.72. The summed E-state index contributed by atoms with van der Waals surface area (Å²) < 4.78 is 15.8. The third-order valence-electron chi connectivity index (χ3n) is 2.63. The molecule has 0 aliphatic carbocycles. The minimum absolute atomic E-state index is 0.217. The summed E-state index contributed by atoms with van der Waals surface area (Å²) in [4.78, 5) is 22.6. The molecule has 7 heteroatoms. The Labute approximate surface area is 110 Å². The van der Waals surface area contributed by atoms with E-state index in [1.165, 1.54) is 0 Å². The van der Waals surface area contributed by atoms with Gasteiger partial charge in [0.25, 0.3) is 0 Å². The predicted molar refractivity (Wildman–Crippen MR) is 64.8 cm³/mol. The zero-order valence-electron chi connectivity index (χ0n) is 10.3. The van der Waals surface area contributed by atoms with Crippen LogP contribution in [0, 0.1) is 0 Å². The Morgan fingerprint density at radius 2 is 1.42 bits per heavy atom. The van der Waals surface area contributed by atoms with Gasteiger partial charge in [-0.25, -0.2) is 0 Å². The smallest absolute Gasteiger partial charge is 0.245 e. The van der Waals surface area contributed by atoms with Crippen LogP contribution in [0.4, 0.5) is 0 Å². The van der Waals surface area contributed by atoms with Crippen LogP contribution >= 0.6 is 0 Å². The van der Waals surface area contributed by atoms with E-state index in [1.807, 2.05) is 0 Å². The van der Waals surface area contributed by atoms with Crippen molar-refractivity contribution in [3.05, 3.63) is 25.3 Å². The molecule has 0 spiro atoms. The first-order chi connectivity index (χ1) is 9.13. The minimum Gasteiger partial charge on any atom is -0.368 e. The number of ether oxygens (including phenoxy) is 3. The number of carbonyl (C=O) groups excluding carboxylic acids is 2. The largest absolute Gasteiger partial charge is 0.368 e. The van der Waals surface area contributed by atoms with E-state index in [0.717, 1.165) is 12.2 Å². The average Bonchev–Trinajstić information content (AvgIpc) is 3.28. The van der Waals surface area contributed by atoms with Crippen molar-refractivity contribution in [1.82, 2.24) is 10.6 Å². The van der Waals surface area contributed by atoms with Crippen molar-refractivity contribution in [2.24, 2.45) is 0 Å². The van der Waals surface area contributed by atoms with Crippen LogP contribution in [0.1, 0.15) is 0 Å². The van der Waals surface area contributed by atoms with E-state index in [9.17, 15) is 9.59 Å². The van der Waals surface area contributed by atoms with Gasteiger partial charge in [0.15, 0.2) is 12.5 Å². The van der Waals surface area contributed by atoms with Crippen molar-refractivity contribution in [2.45, 2.75) is 24.7 Å². The van der Waals surface area contributed by atoms with Crippen molar-refractivity contribution in [1.29, 1.82) is 0 Å². The van der Waals surface area contributed by atoms with E-state index in [1.54, 1.807) is 0 Å². The lowest BCUT2D eigenvalue weighted by Crippen LogP contribution is -2.49. The Kier molecular flexibility index (Phi) is 4.31. The molecule has 0 aromatic heterocycles. The standard InChI is InChI=1S/C12H16N2O5/c1-3-9(15)13-11(7-5-17-7)19-12(8-6-18-8)14-10(16)4-2/h3-4,7-8,11-12H,1-2,5-6H2,(H,13,15)(H,14,16). The molecule has 4 atom stereocenters. The van der Waals surface area contributed by atoms with Crippen molar-refractivity contribution >= 4 is 11.8 Å². The molecule has 2 fully saturated rings. The van der Waals surface area contributed by atoms with E-state index in [4.69, 9.17) is 14.2 Å². The van der Waals surface area contributed by atoms with E-state index < -0.39 is 12.5 Å². The molecular weight excluding hydrogens is 252 g/mol. The molecule has 0 aromatic rings. The van der Waals surface area contributed by atoms with Crippen molar-refractivity contribution < 1.29 is 23.8 Å². The van der Waals surface area contributed by atoms with E-state index in [2.05, 4.69) is 23.8 Å². The second-order valence-electron chi connectivity index (χ2n) is 4.15. The molecule has 7 nitrogen and oxygen atoms in total. The third-order valence-corrected chi connectivity index (χ3v) is 2.63. The monoisotopic (exact) mass is 268 g/mol. The van der Waals surface area contributed by atoms with Crippen LogP contribution in [0.5, 0.6) is 0 Å². The fraction of sp³-hybridized carbons (Fsp3) is 0.500. The molecule has 2 aliphatic heterocycles. The highest BCUT2D eigenvalue weighted by Crippen LogP contribution is 2.21. The molecule has 2 aliphatic rings. The maximum absolute atomic E-state index is 11.3. The van der Waals surface area contributed by atoms with Gasteiger partial charge >= 0.3 is 0 Å². The minimum atomic E-state index is -0.648. The zero-order valence-corrected chi connectivity index (χ0v) is 10.3. The van der Waals surface area contributed by atoms with Crippen LogP contribution < -0.4 is 10.6 Å². The van der Waals surface area contributed by atoms with Gasteiger partial charge in [0.05, 0.1) is 13.2 Å². The molecular formula is C12H16N2O5. The Bertz CT molecular complexity index is 354. The Morgan fingerprint density at radius 1 is 1.05 bits per heavy atom. The van der Waals surface area contributed by atoms with E-state index in [-0.39, 0.29) is 24.0 Å². The molecule has 2 rings (SSSR count). The number of epoxide rings is 2. The highest BCUT2D eigenvalue weighted by molar-refractivity contribution is 5.87. The normalized spacial score (nSPS) is 26.7. The van der Waals surface area contributed by atoms with Gasteiger partial charge in [-0.1, -0.05) is 13.2 Å². The van der Waals surface area contributed by atoms with Crippen LogP contribution in [0.15, 0.2) is 25.3 Å². The third kappa shape index (κ3) is 4.16. The first kappa shape index (κ1) is 13.7. The summed E-state index contributed by atoms with van der Waals surface area (Å²) in [5.74, 6) is -0.739. The van der Waals surface area contributed by atoms with Gasteiger partial charge in [-0.05, 0) is 12.2 Å². The van der Waals surface area contributed by atoms with Crippen molar-refractivity contribution in [3.63, 3.8) is 0 Å². The van der Waals surface area contributed by atoms with Crippen LogP contribution in [0.2, 0.25) is 0 Å². The molecule has 0 bridgehead atoms. The molecule has 2 amide bonds. The summed E-state index contributed by atoms with van der Waals surface area (Å²) in [5, 5.41) is 5.19. The summed E-state index contributed by atoms with van der Waals surface area (Å²) in [5.41, 5.74) is 0. The molecule has 19 heavy (non-hydrogen) atoms. The van der Waals surface area contributed by atoms with Gasteiger partial charge in [-0.3, -0.25) is 9.59 Å². The van der Waals surface area contributed by atoms with Crippen LogP contribution in [-0.4, -0.2) is 49.7 Å². The lowest BCUT2D eigenvalue weighted by Gasteiger charge is -2.23. The summed E-state index contributed by atoms with van der Waals surface area (Å²) >= 11 is 0. The van der Waals surface area contributed by atoms with Crippen LogP contribution in [0.25, 0.3) is 0 Å². The molecule has 0 saturated carbocycles. The number of amides is 2. The second-order valence-corrected chi connectivity index (χ2v) is 4.15. The molecule has 4 unspecified atom stereocenters. The first-order valence-corrected chi connectivity index (χ1v) is 5.88. The van der Waals surface area contributed by atoms with Gasteiger partial charge in [0.2, 0.25) is 11.8 Å². The lowest BCUT2D eigenvalue weighted by atomic mass is 10.3. The number of hydrogen-bond acceptors (Lipinski definition) is 5. The quantitative estimate of drug-likeness (QED) is 0.336. The van der Waals surface area contributed by atoms with E-state index >= 15 is 0 Å². The molecule has 2 N–H and O–H groups in total. The lowest BCUT2D eigenvalue weighted by molar-refractivity contribution is -0.131. The number of hydrogen-bond donors (Lipinski definition) is 2. The molecule has 0 radical (unpaired) electrons. The van der Waals surface area contributed by atoms with Crippen LogP contribution in [0.3, 0.4) is 0 Å². The second kappa shape index (κ2) is 5.96. The average molecular weight is 268 g/mol. The highest BCUT2D eigenvalue weighted by Gasteiger charge is 2.41. The van der Waals surface area contributed by atoms with Gasteiger partial charge < -0.3 is 24.8 Å². The SMILES string of the molecule is C=CC(=O)NC(OC(NC(=O)C=C)C1CO1)C1CO1. The van der Waals surface area contributed by atoms with Gasteiger partial charge in [0, 0.05) is 0 Å². The van der Waals surface area contributed by atoms with Gasteiger partial charge in [-0.2, -0.15) is 0 Å². The molecule has 104 valence electrons. The highest BCUT2D eigenvalue weighted by atomic mass is 16.6. The van der Waals surface area contributed by atoms with Gasteiger partial charge in [0.1, 0.15) is 12.2 Å². The Hall–Kier alpha value is -1.70. The fourth-order valence-electron chi connectivity index (χ4n) is 1.45. The van der Waals surface area contributed by atoms with Crippen molar-refractivity contribution in [3.8, 4) is 0 Å². The van der Waals surface area contributed by atoms with E-state index in [0.29, 0.717) is 13.2 Å². The molecule has 0 aromatic carbocycles. The first-order valence-electron chi connectivity index (χ1n) is 5.88. The Morgan fingerprint density at radius 3 is 1.68 bits per heavy atom. The van der Waals surface area contributed by atoms with Crippen LogP contribution in [-0.2, 0) is 23.8 Å². The summed E-state index contributed by atoms with van der Waals surface area (Å²) in [6, 6.07) is 0. The predicted octanol–water partition coefficient (Wildman–Crippen LogP) is -0.943. The topological polar surface area (TPSA) is 92.5 Å². The van der Waals surface area contributed by atoms with Gasteiger partial charge in [-0.15, -0.1) is 0 Å². The Balaban J connectivity index is 1.92. The molecule has 2 saturated heterocycles. The number of nitrogens with one attached hydrogen (secondary N) is 2. The molecule has 2 heterocycles. The number of rotatable bonds is 8. The summed E-state index contributed by atoms with van der Waals surface area (Å²) in [7, 11) is 0. The maximum Gasteiger partial charge on any atom is 0.245 e. The fourth-order valence-corrected chi connectivity index (χ4v) is 1.45.